The highest BCUT2D eigenvalue weighted by Crippen LogP contribution is 2.42. The minimum atomic E-state index is -2.35. The summed E-state index contributed by atoms with van der Waals surface area (Å²) in [5.74, 6) is 0. The number of hydrogen-bond donors (Lipinski definition) is 2. The number of unbranched alkanes of at least 4 members (excludes halogenated alkanes) is 18. The first-order chi connectivity index (χ1) is 17.9. The average Bonchev–Trinajstić information content (AvgIpc) is 2.87. The van der Waals surface area contributed by atoms with E-state index in [1.54, 1.807) is 0 Å². The minimum absolute atomic E-state index is 0.214. The van der Waals surface area contributed by atoms with Gasteiger partial charge in [-0.2, -0.15) is 0 Å². The van der Waals surface area contributed by atoms with Crippen molar-refractivity contribution in [2.75, 3.05) is 26.4 Å². The summed E-state index contributed by atoms with van der Waals surface area (Å²) in [5.41, 5.74) is -0.354. The fourth-order valence-electron chi connectivity index (χ4n) is 4.07. The topological polar surface area (TPSA) is 77.4 Å². The van der Waals surface area contributed by atoms with Crippen molar-refractivity contribution in [3.63, 3.8) is 0 Å². The molecule has 0 aliphatic heterocycles. The first kappa shape index (κ1) is 37.6. The van der Waals surface area contributed by atoms with Gasteiger partial charge in [-0.05, 0) is 12.8 Å². The lowest BCUT2D eigenvalue weighted by atomic mass is 9.97. The Bertz CT molecular complexity index is 428. The van der Waals surface area contributed by atoms with Gasteiger partial charge in [0.15, 0.2) is 0 Å². The molecule has 0 spiro atoms. The molecule has 6 nitrogen and oxygen atoms in total. The fraction of sp³-hybridized carbons (Fsp3) is 1.00. The van der Waals surface area contributed by atoms with Gasteiger partial charge >= 0.3 is 17.2 Å². The van der Waals surface area contributed by atoms with Crippen LogP contribution in [0.4, 0.5) is 0 Å². The van der Waals surface area contributed by atoms with Crippen LogP contribution < -0.4 is 0 Å². The van der Waals surface area contributed by atoms with Crippen LogP contribution in [-0.2, 0) is 18.1 Å². The molecule has 0 amide bonds. The Morgan fingerprint density at radius 1 is 0.459 bits per heavy atom. The van der Waals surface area contributed by atoms with E-state index in [4.69, 9.17) is 27.9 Å². The maximum Gasteiger partial charge on any atom is 0.332 e. The normalized spacial score (nSPS) is 12.3. The highest BCUT2D eigenvalue weighted by molar-refractivity contribution is 7.41. The lowest BCUT2D eigenvalue weighted by molar-refractivity contribution is 0.0768. The van der Waals surface area contributed by atoms with Gasteiger partial charge in [-0.25, -0.2) is 0 Å². The van der Waals surface area contributed by atoms with Crippen LogP contribution in [0.25, 0.3) is 0 Å². The number of hydrogen-bond acceptors (Lipinski definition) is 6. The van der Waals surface area contributed by atoms with Crippen LogP contribution in [0.5, 0.6) is 0 Å². The van der Waals surface area contributed by atoms with Gasteiger partial charge < -0.3 is 27.9 Å². The molecule has 8 heteroatoms. The van der Waals surface area contributed by atoms with E-state index < -0.39 is 17.2 Å². The summed E-state index contributed by atoms with van der Waals surface area (Å²) < 4.78 is 23.0. The first-order valence-electron chi connectivity index (χ1n) is 15.4. The van der Waals surface area contributed by atoms with E-state index in [9.17, 15) is 0 Å². The molecule has 0 saturated heterocycles. The van der Waals surface area contributed by atoms with Crippen LogP contribution in [0.2, 0.25) is 0 Å². The fourth-order valence-corrected chi connectivity index (χ4v) is 5.77. The summed E-state index contributed by atoms with van der Waals surface area (Å²) in [6.45, 7) is 10.4. The van der Waals surface area contributed by atoms with E-state index in [1.165, 1.54) is 116 Å². The van der Waals surface area contributed by atoms with Crippen LogP contribution in [0, 0.1) is 5.41 Å². The molecule has 0 unspecified atom stereocenters. The van der Waals surface area contributed by atoms with Crippen molar-refractivity contribution in [1.82, 2.24) is 0 Å². The van der Waals surface area contributed by atoms with Crippen LogP contribution in [-0.4, -0.2) is 36.2 Å². The zero-order chi connectivity index (χ0) is 27.5. The predicted octanol–water partition coefficient (Wildman–Crippen LogP) is 10.4. The third kappa shape index (κ3) is 29.4. The zero-order valence-electron chi connectivity index (χ0n) is 24.9. The summed E-state index contributed by atoms with van der Waals surface area (Å²) in [5, 5.41) is 0. The van der Waals surface area contributed by atoms with Crippen molar-refractivity contribution in [1.29, 1.82) is 0 Å². The molecule has 0 aliphatic rings. The molecule has 0 rings (SSSR count). The molecule has 0 bridgehead atoms. The van der Waals surface area contributed by atoms with Crippen LogP contribution >= 0.6 is 17.2 Å². The van der Waals surface area contributed by atoms with Crippen molar-refractivity contribution < 1.29 is 27.9 Å². The maximum absolute atomic E-state index is 9.04. The molecule has 0 aromatic heterocycles. The van der Waals surface area contributed by atoms with E-state index in [0.717, 1.165) is 12.8 Å². The lowest BCUT2D eigenvalue weighted by Gasteiger charge is -2.26. The molecule has 2 N–H and O–H groups in total. The Morgan fingerprint density at radius 2 is 0.784 bits per heavy atom. The standard InChI is InChI=1S/C29H62O6P2/c1-5-7-9-11-13-15-17-19-21-23-25-32-37(35-28-29(3,4)27-34-36(30)31)33-26-24-22-20-18-16-14-12-10-8-6-2/h30-31H,5-28H2,1-4H3. The molecule has 0 aliphatic carbocycles. The molecule has 224 valence electrons. The second kappa shape index (κ2) is 28.2. The van der Waals surface area contributed by atoms with Crippen molar-refractivity contribution >= 4 is 17.2 Å². The molecular formula is C29H62O6P2. The van der Waals surface area contributed by atoms with E-state index >= 15 is 0 Å². The molecular weight excluding hydrogens is 506 g/mol. The largest absolute Gasteiger partial charge is 0.332 e. The molecule has 0 fully saturated rings. The van der Waals surface area contributed by atoms with Gasteiger partial charge in [0.25, 0.3) is 0 Å². The second-order valence-electron chi connectivity index (χ2n) is 11.2. The summed E-state index contributed by atoms with van der Waals surface area (Å²) in [7, 11) is -3.75. The summed E-state index contributed by atoms with van der Waals surface area (Å²) >= 11 is 0. The highest BCUT2D eigenvalue weighted by Gasteiger charge is 2.24. The molecule has 0 atom stereocenters. The van der Waals surface area contributed by atoms with Gasteiger partial charge in [0.1, 0.15) is 0 Å². The van der Waals surface area contributed by atoms with Crippen LogP contribution in [0.3, 0.4) is 0 Å². The minimum Gasteiger partial charge on any atom is -0.328 e. The first-order valence-corrected chi connectivity index (χ1v) is 17.7. The van der Waals surface area contributed by atoms with Gasteiger partial charge in [-0.15, -0.1) is 0 Å². The van der Waals surface area contributed by atoms with E-state index in [1.807, 2.05) is 13.8 Å². The van der Waals surface area contributed by atoms with E-state index in [-0.39, 0.29) is 12.0 Å². The summed E-state index contributed by atoms with van der Waals surface area (Å²) in [6, 6.07) is 0. The molecule has 0 aromatic rings. The smallest absolute Gasteiger partial charge is 0.328 e. The molecule has 0 radical (unpaired) electrons. The predicted molar refractivity (Wildman–Crippen MR) is 160 cm³/mol. The van der Waals surface area contributed by atoms with Gasteiger partial charge in [-0.3, -0.25) is 0 Å². The Balaban J connectivity index is 4.07. The van der Waals surface area contributed by atoms with E-state index in [2.05, 4.69) is 13.8 Å². The Morgan fingerprint density at radius 3 is 1.14 bits per heavy atom. The highest BCUT2D eigenvalue weighted by atomic mass is 31.2. The van der Waals surface area contributed by atoms with Gasteiger partial charge in [0, 0.05) is 5.41 Å². The van der Waals surface area contributed by atoms with Crippen molar-refractivity contribution in [3.05, 3.63) is 0 Å². The zero-order valence-corrected chi connectivity index (χ0v) is 26.7. The maximum atomic E-state index is 9.04. The van der Waals surface area contributed by atoms with Gasteiger partial charge in [0.2, 0.25) is 0 Å². The molecule has 0 saturated carbocycles. The lowest BCUT2D eigenvalue weighted by Crippen LogP contribution is -2.24. The van der Waals surface area contributed by atoms with Crippen molar-refractivity contribution in [3.8, 4) is 0 Å². The molecule has 0 aromatic carbocycles. The Kier molecular flexibility index (Phi) is 28.6. The second-order valence-corrected chi connectivity index (χ2v) is 13.2. The quantitative estimate of drug-likeness (QED) is 0.0663. The van der Waals surface area contributed by atoms with Crippen molar-refractivity contribution in [2.45, 2.75) is 156 Å². The monoisotopic (exact) mass is 568 g/mol. The van der Waals surface area contributed by atoms with Gasteiger partial charge in [0.05, 0.1) is 26.4 Å². The Hall–Kier alpha value is 0.620. The van der Waals surface area contributed by atoms with Crippen molar-refractivity contribution in [2.24, 2.45) is 5.41 Å². The number of rotatable bonds is 30. The van der Waals surface area contributed by atoms with Crippen LogP contribution in [0.15, 0.2) is 0 Å². The third-order valence-electron chi connectivity index (χ3n) is 6.52. The average molecular weight is 569 g/mol. The Labute approximate surface area is 233 Å². The van der Waals surface area contributed by atoms with Gasteiger partial charge in [-0.1, -0.05) is 143 Å². The molecule has 37 heavy (non-hydrogen) atoms. The molecule has 0 heterocycles. The summed E-state index contributed by atoms with van der Waals surface area (Å²) in [4.78, 5) is 18.1. The third-order valence-corrected chi connectivity index (χ3v) is 8.01. The summed E-state index contributed by atoms with van der Waals surface area (Å²) in [6.07, 6.45) is 26.0. The SMILES string of the molecule is CCCCCCCCCCCCOP(OCCCCCCCCCCCC)OCC(C)(C)COP(O)O. The van der Waals surface area contributed by atoms with E-state index in [0.29, 0.717) is 19.8 Å². The van der Waals surface area contributed by atoms with Crippen LogP contribution in [0.1, 0.15) is 156 Å².